The Morgan fingerprint density at radius 1 is 1.00 bits per heavy atom. The van der Waals surface area contributed by atoms with Crippen LogP contribution in [0.2, 0.25) is 0 Å². The molecule has 0 amide bonds. The monoisotopic (exact) mass is 351 g/mol. The number of rotatable bonds is 4. The summed E-state index contributed by atoms with van der Waals surface area (Å²) in [6.45, 7) is 4.45. The molecule has 5 rings (SSSR count). The number of aromatic nitrogens is 3. The highest BCUT2D eigenvalue weighted by molar-refractivity contribution is 5.40. The lowest BCUT2D eigenvalue weighted by Gasteiger charge is -2.23. The van der Waals surface area contributed by atoms with E-state index in [0.717, 1.165) is 38.4 Å². The van der Waals surface area contributed by atoms with Crippen LogP contribution in [0.3, 0.4) is 0 Å². The summed E-state index contributed by atoms with van der Waals surface area (Å²) in [6.07, 6.45) is 12.1. The van der Waals surface area contributed by atoms with Crippen LogP contribution in [0.15, 0.2) is 18.3 Å². The molecule has 0 spiro atoms. The van der Waals surface area contributed by atoms with Gasteiger partial charge in [-0.05, 0) is 69.5 Å². The third-order valence-corrected chi connectivity index (χ3v) is 6.28. The molecule has 0 saturated carbocycles. The molecule has 138 valence electrons. The van der Waals surface area contributed by atoms with Gasteiger partial charge >= 0.3 is 0 Å². The number of nitrogens with zero attached hydrogens (tertiary/aromatic N) is 4. The van der Waals surface area contributed by atoms with Crippen molar-refractivity contribution in [3.8, 4) is 0 Å². The van der Waals surface area contributed by atoms with Crippen molar-refractivity contribution in [1.82, 2.24) is 19.9 Å². The molecular formula is C21H29N5. The minimum atomic E-state index is 0.443. The first-order valence-electron chi connectivity index (χ1n) is 10.4. The second-order valence-electron chi connectivity index (χ2n) is 8.10. The Morgan fingerprint density at radius 3 is 2.69 bits per heavy atom. The van der Waals surface area contributed by atoms with Crippen LogP contribution in [0, 0.1) is 0 Å². The van der Waals surface area contributed by atoms with Gasteiger partial charge in [0.15, 0.2) is 0 Å². The molecule has 2 aliphatic heterocycles. The van der Waals surface area contributed by atoms with E-state index in [1.807, 2.05) is 0 Å². The van der Waals surface area contributed by atoms with Crippen LogP contribution in [0.5, 0.6) is 0 Å². The van der Waals surface area contributed by atoms with Gasteiger partial charge in [0, 0.05) is 31.5 Å². The number of imidazole rings is 1. The molecule has 0 aromatic carbocycles. The summed E-state index contributed by atoms with van der Waals surface area (Å²) < 4.78 is 0. The predicted molar refractivity (Wildman–Crippen MR) is 103 cm³/mol. The third-order valence-electron chi connectivity index (χ3n) is 6.28. The largest absolute Gasteiger partial charge is 0.357 e. The predicted octanol–water partition coefficient (Wildman–Crippen LogP) is 3.62. The van der Waals surface area contributed by atoms with Gasteiger partial charge in [0.1, 0.15) is 11.6 Å². The van der Waals surface area contributed by atoms with Crippen LogP contribution in [0.4, 0.5) is 5.82 Å². The minimum Gasteiger partial charge on any atom is -0.357 e. The van der Waals surface area contributed by atoms with E-state index in [1.54, 1.807) is 0 Å². The quantitative estimate of drug-likeness (QED) is 0.914. The molecule has 3 aliphatic rings. The maximum atomic E-state index is 4.97. The Kier molecular flexibility index (Phi) is 4.41. The van der Waals surface area contributed by atoms with Crippen molar-refractivity contribution >= 4 is 5.82 Å². The molecule has 2 fully saturated rings. The fourth-order valence-corrected chi connectivity index (χ4v) is 4.84. The van der Waals surface area contributed by atoms with Crippen LogP contribution >= 0.6 is 0 Å². The lowest BCUT2D eigenvalue weighted by atomic mass is 10.0. The van der Waals surface area contributed by atoms with Crippen molar-refractivity contribution in [3.63, 3.8) is 0 Å². The summed E-state index contributed by atoms with van der Waals surface area (Å²) in [7, 11) is 0. The van der Waals surface area contributed by atoms with Gasteiger partial charge in [-0.25, -0.2) is 9.97 Å². The van der Waals surface area contributed by atoms with E-state index >= 15 is 0 Å². The molecule has 1 aliphatic carbocycles. The lowest BCUT2D eigenvalue weighted by molar-refractivity contribution is 0.240. The van der Waals surface area contributed by atoms with Crippen molar-refractivity contribution in [1.29, 1.82) is 0 Å². The number of fused-ring (bicyclic) bond motifs is 1. The Balaban J connectivity index is 1.29. The SMILES string of the molecule is c1cc(N2CCCC2)ncc1CN1CCCC1c1nc2c([nH]1)CCCC2. The molecule has 26 heavy (non-hydrogen) atoms. The number of pyridine rings is 1. The first-order valence-corrected chi connectivity index (χ1v) is 10.4. The second-order valence-corrected chi connectivity index (χ2v) is 8.10. The van der Waals surface area contributed by atoms with E-state index in [1.165, 1.54) is 67.7 Å². The number of hydrogen-bond acceptors (Lipinski definition) is 4. The number of aromatic amines is 1. The van der Waals surface area contributed by atoms with E-state index in [4.69, 9.17) is 9.97 Å². The summed E-state index contributed by atoms with van der Waals surface area (Å²) in [5.74, 6) is 2.35. The van der Waals surface area contributed by atoms with E-state index in [-0.39, 0.29) is 0 Å². The fraction of sp³-hybridized carbons (Fsp3) is 0.619. The maximum absolute atomic E-state index is 4.97. The Hall–Kier alpha value is -1.88. The molecule has 0 bridgehead atoms. The Labute approximate surface area is 155 Å². The zero-order chi connectivity index (χ0) is 17.3. The molecule has 5 heteroatoms. The van der Waals surface area contributed by atoms with Gasteiger partial charge in [0.2, 0.25) is 0 Å². The van der Waals surface area contributed by atoms with Crippen molar-refractivity contribution in [3.05, 3.63) is 41.1 Å². The first kappa shape index (κ1) is 16.3. The molecule has 4 heterocycles. The van der Waals surface area contributed by atoms with Crippen LogP contribution in [0.25, 0.3) is 0 Å². The summed E-state index contributed by atoms with van der Waals surface area (Å²) in [4.78, 5) is 18.3. The van der Waals surface area contributed by atoms with Crippen LogP contribution in [0.1, 0.15) is 67.3 Å². The lowest BCUT2D eigenvalue weighted by Crippen LogP contribution is -2.24. The number of H-pyrrole nitrogens is 1. The van der Waals surface area contributed by atoms with Gasteiger partial charge in [-0.15, -0.1) is 0 Å². The molecule has 0 radical (unpaired) electrons. The van der Waals surface area contributed by atoms with Crippen LogP contribution < -0.4 is 4.90 Å². The van der Waals surface area contributed by atoms with Crippen LogP contribution in [-0.4, -0.2) is 39.5 Å². The Bertz CT molecular complexity index is 721. The molecule has 5 nitrogen and oxygen atoms in total. The maximum Gasteiger partial charge on any atom is 0.128 e. The highest BCUT2D eigenvalue weighted by Crippen LogP contribution is 2.33. The molecule has 2 aromatic heterocycles. The van der Waals surface area contributed by atoms with E-state index in [0.29, 0.717) is 6.04 Å². The van der Waals surface area contributed by atoms with Gasteiger partial charge in [-0.2, -0.15) is 0 Å². The molecule has 1 N–H and O–H groups in total. The van der Waals surface area contributed by atoms with Crippen molar-refractivity contribution < 1.29 is 0 Å². The number of likely N-dealkylation sites (tertiary alicyclic amines) is 1. The second kappa shape index (κ2) is 7.03. The fourth-order valence-electron chi connectivity index (χ4n) is 4.84. The molecular weight excluding hydrogens is 322 g/mol. The molecule has 2 saturated heterocycles. The standard InChI is InChI=1S/C21H29N5/c1-2-7-18-17(6-1)23-21(24-18)19-8-5-13-26(19)15-16-9-10-20(22-14-16)25-11-3-4-12-25/h9-10,14,19H,1-8,11-13,15H2,(H,23,24). The number of nitrogens with one attached hydrogen (secondary N) is 1. The van der Waals surface area contributed by atoms with E-state index < -0.39 is 0 Å². The normalized spacial score (nSPS) is 23.5. The average molecular weight is 351 g/mol. The van der Waals surface area contributed by atoms with Gasteiger partial charge < -0.3 is 9.88 Å². The number of anilines is 1. The smallest absolute Gasteiger partial charge is 0.128 e. The summed E-state index contributed by atoms with van der Waals surface area (Å²) in [5, 5.41) is 0. The highest BCUT2D eigenvalue weighted by atomic mass is 15.2. The summed E-state index contributed by atoms with van der Waals surface area (Å²) in [6, 6.07) is 4.92. The average Bonchev–Trinajstić information content (AvgIpc) is 3.42. The molecule has 1 unspecified atom stereocenters. The number of aryl methyl sites for hydroxylation is 2. The first-order chi connectivity index (χ1) is 12.9. The van der Waals surface area contributed by atoms with Crippen molar-refractivity contribution in [2.45, 2.75) is 64.0 Å². The van der Waals surface area contributed by atoms with Gasteiger partial charge in [-0.3, -0.25) is 4.90 Å². The van der Waals surface area contributed by atoms with Gasteiger partial charge in [0.05, 0.1) is 11.7 Å². The number of hydrogen-bond donors (Lipinski definition) is 1. The van der Waals surface area contributed by atoms with Crippen LogP contribution in [-0.2, 0) is 19.4 Å². The third kappa shape index (κ3) is 3.13. The van der Waals surface area contributed by atoms with Gasteiger partial charge in [0.25, 0.3) is 0 Å². The summed E-state index contributed by atoms with van der Waals surface area (Å²) >= 11 is 0. The van der Waals surface area contributed by atoms with E-state index in [2.05, 4.69) is 33.1 Å². The topological polar surface area (TPSA) is 48.1 Å². The summed E-state index contributed by atoms with van der Waals surface area (Å²) in [5.41, 5.74) is 4.04. The van der Waals surface area contributed by atoms with Crippen molar-refractivity contribution in [2.75, 3.05) is 24.5 Å². The Morgan fingerprint density at radius 2 is 1.88 bits per heavy atom. The van der Waals surface area contributed by atoms with Gasteiger partial charge in [-0.1, -0.05) is 6.07 Å². The highest BCUT2D eigenvalue weighted by Gasteiger charge is 2.29. The molecule has 2 aromatic rings. The molecule has 1 atom stereocenters. The van der Waals surface area contributed by atoms with E-state index in [9.17, 15) is 0 Å². The van der Waals surface area contributed by atoms with Crippen molar-refractivity contribution in [2.24, 2.45) is 0 Å². The zero-order valence-electron chi connectivity index (χ0n) is 15.6. The zero-order valence-corrected chi connectivity index (χ0v) is 15.6. The minimum absolute atomic E-state index is 0.443.